The summed E-state index contributed by atoms with van der Waals surface area (Å²) in [4.78, 5) is 0. The Balaban J connectivity index is 1.07. The van der Waals surface area contributed by atoms with Gasteiger partial charge >= 0.3 is 0 Å². The van der Waals surface area contributed by atoms with E-state index in [0.29, 0.717) is 0 Å². The monoisotopic (exact) mass is 832 g/mol. The number of aromatic nitrogens is 2. The molecule has 0 saturated carbocycles. The van der Waals surface area contributed by atoms with Crippen molar-refractivity contribution in [2.24, 2.45) is 0 Å². The van der Waals surface area contributed by atoms with Crippen LogP contribution in [-0.2, 0) is 0 Å². The standard InChI is InChI=1S/C60H40N2OSi/c1-4-20-43(21-5-1)64(44-22-6-2-7-23-44,45-24-8-3-9-25-45)46-26-16-19-42(40-46)61-54-33-13-10-27-48(54)51-31-18-35-57(59(51)61)62-55-34-14-11-28-49(55)53-39-41(37-38-56(53)62)47-30-17-32-52-50-29-12-15-36-58(50)63-60(47)52/h1-40H. The van der Waals surface area contributed by atoms with Gasteiger partial charge in [-0.25, -0.2) is 0 Å². The zero-order valence-electron chi connectivity index (χ0n) is 34.9. The van der Waals surface area contributed by atoms with E-state index in [-0.39, 0.29) is 0 Å². The third kappa shape index (κ3) is 5.33. The van der Waals surface area contributed by atoms with E-state index >= 15 is 0 Å². The van der Waals surface area contributed by atoms with E-state index in [4.69, 9.17) is 4.42 Å². The van der Waals surface area contributed by atoms with Crippen molar-refractivity contribution in [1.82, 2.24) is 9.13 Å². The first-order valence-electron chi connectivity index (χ1n) is 22.0. The Kier molecular flexibility index (Phi) is 8.23. The summed E-state index contributed by atoms with van der Waals surface area (Å²) >= 11 is 0. The van der Waals surface area contributed by atoms with E-state index in [2.05, 4.69) is 246 Å². The molecular weight excluding hydrogens is 793 g/mol. The molecule has 10 aromatic carbocycles. The van der Waals surface area contributed by atoms with Crippen molar-refractivity contribution in [1.29, 1.82) is 0 Å². The zero-order chi connectivity index (χ0) is 42.2. The van der Waals surface area contributed by atoms with Gasteiger partial charge in [0, 0.05) is 43.6 Å². The molecule has 0 unspecified atom stereocenters. The molecule has 0 aliphatic rings. The van der Waals surface area contributed by atoms with Crippen LogP contribution in [0.3, 0.4) is 0 Å². The Labute approximate surface area is 371 Å². The van der Waals surface area contributed by atoms with Crippen molar-refractivity contribution in [2.75, 3.05) is 0 Å². The molecule has 0 spiro atoms. The molecule has 64 heavy (non-hydrogen) atoms. The predicted molar refractivity (Wildman–Crippen MR) is 271 cm³/mol. The van der Waals surface area contributed by atoms with Gasteiger partial charge in [0.2, 0.25) is 0 Å². The van der Waals surface area contributed by atoms with Crippen LogP contribution in [0.1, 0.15) is 0 Å². The summed E-state index contributed by atoms with van der Waals surface area (Å²) in [5.41, 5.74) is 11.0. The summed E-state index contributed by atoms with van der Waals surface area (Å²) in [6.07, 6.45) is 0. The van der Waals surface area contributed by atoms with Crippen LogP contribution in [0.4, 0.5) is 0 Å². The van der Waals surface area contributed by atoms with Gasteiger partial charge in [0.15, 0.2) is 8.07 Å². The first-order chi connectivity index (χ1) is 31.8. The quantitative estimate of drug-likeness (QED) is 0.116. The number of benzene rings is 10. The van der Waals surface area contributed by atoms with E-state index in [0.717, 1.165) is 50.0 Å². The molecule has 13 rings (SSSR count). The van der Waals surface area contributed by atoms with Crippen LogP contribution in [0.25, 0.3) is 88.1 Å². The van der Waals surface area contributed by atoms with E-state index in [9.17, 15) is 0 Å². The number of nitrogens with zero attached hydrogens (tertiary/aromatic N) is 2. The summed E-state index contributed by atoms with van der Waals surface area (Å²) in [6, 6.07) is 89.3. The lowest BCUT2D eigenvalue weighted by Gasteiger charge is -2.34. The van der Waals surface area contributed by atoms with Gasteiger partial charge in [-0.1, -0.05) is 194 Å². The fourth-order valence-electron chi connectivity index (χ4n) is 10.8. The van der Waals surface area contributed by atoms with Crippen molar-refractivity contribution >= 4 is 94.4 Å². The molecule has 0 saturated heterocycles. The van der Waals surface area contributed by atoms with Gasteiger partial charge < -0.3 is 13.6 Å². The van der Waals surface area contributed by atoms with E-state index in [1.54, 1.807) is 0 Å². The van der Waals surface area contributed by atoms with E-state index < -0.39 is 8.07 Å². The Morgan fingerprint density at radius 3 is 1.55 bits per heavy atom. The minimum Gasteiger partial charge on any atom is -0.455 e. The molecule has 3 heterocycles. The lowest BCUT2D eigenvalue weighted by molar-refractivity contribution is 0.670. The van der Waals surface area contributed by atoms with Crippen molar-refractivity contribution in [3.8, 4) is 22.5 Å². The second kappa shape index (κ2) is 14.5. The molecule has 3 nitrogen and oxygen atoms in total. The number of para-hydroxylation sites is 5. The highest BCUT2D eigenvalue weighted by atomic mass is 28.3. The molecule has 0 N–H and O–H groups in total. The van der Waals surface area contributed by atoms with E-state index in [1.165, 1.54) is 58.8 Å². The molecule has 300 valence electrons. The van der Waals surface area contributed by atoms with Crippen molar-refractivity contribution in [3.63, 3.8) is 0 Å². The largest absolute Gasteiger partial charge is 0.455 e. The fraction of sp³-hybridized carbons (Fsp3) is 0. The van der Waals surface area contributed by atoms with Crippen LogP contribution < -0.4 is 20.7 Å². The molecule has 0 aliphatic carbocycles. The molecule has 0 amide bonds. The minimum absolute atomic E-state index is 0.907. The smallest absolute Gasteiger partial charge is 0.179 e. The number of rotatable bonds is 7. The molecule has 0 fully saturated rings. The summed E-state index contributed by atoms with van der Waals surface area (Å²) < 4.78 is 11.5. The number of hydrogen-bond acceptors (Lipinski definition) is 1. The van der Waals surface area contributed by atoms with Crippen LogP contribution in [0.2, 0.25) is 0 Å². The molecule has 4 heteroatoms. The average Bonchev–Trinajstić information content (AvgIpc) is 4.03. The Morgan fingerprint density at radius 1 is 0.328 bits per heavy atom. The Bertz CT molecular complexity index is 3800. The average molecular weight is 833 g/mol. The normalized spacial score (nSPS) is 12.1. The Morgan fingerprint density at radius 2 is 0.844 bits per heavy atom. The van der Waals surface area contributed by atoms with Crippen LogP contribution >= 0.6 is 0 Å². The lowest BCUT2D eigenvalue weighted by atomic mass is 10.0. The first kappa shape index (κ1) is 36.5. The maximum Gasteiger partial charge on any atom is 0.179 e. The van der Waals surface area contributed by atoms with Gasteiger partial charge in [-0.2, -0.15) is 0 Å². The van der Waals surface area contributed by atoms with Gasteiger partial charge in [-0.3, -0.25) is 0 Å². The first-order valence-corrected chi connectivity index (χ1v) is 24.0. The highest BCUT2D eigenvalue weighted by molar-refractivity contribution is 7.19. The van der Waals surface area contributed by atoms with Crippen molar-refractivity contribution < 1.29 is 4.42 Å². The molecule has 3 aromatic heterocycles. The highest BCUT2D eigenvalue weighted by Crippen LogP contribution is 2.42. The van der Waals surface area contributed by atoms with Gasteiger partial charge in [-0.15, -0.1) is 0 Å². The summed E-state index contributed by atoms with van der Waals surface area (Å²) in [7, 11) is -2.80. The molecular formula is C60H40N2OSi. The van der Waals surface area contributed by atoms with Gasteiger partial charge in [-0.05, 0) is 74.8 Å². The summed E-state index contributed by atoms with van der Waals surface area (Å²) in [5, 5.41) is 12.5. The van der Waals surface area contributed by atoms with Gasteiger partial charge in [0.25, 0.3) is 0 Å². The van der Waals surface area contributed by atoms with Crippen LogP contribution in [-0.4, -0.2) is 17.2 Å². The third-order valence-electron chi connectivity index (χ3n) is 13.5. The molecule has 0 atom stereocenters. The molecule has 0 bridgehead atoms. The van der Waals surface area contributed by atoms with Crippen molar-refractivity contribution in [3.05, 3.63) is 243 Å². The predicted octanol–water partition coefficient (Wildman–Crippen LogP) is 12.8. The summed E-state index contributed by atoms with van der Waals surface area (Å²) in [5.74, 6) is 0. The molecule has 0 radical (unpaired) electrons. The SMILES string of the molecule is c1ccc([Si](c2ccccc2)(c2ccccc2)c2cccc(-n3c4ccccc4c4cccc(-n5c6ccccc6c6cc(-c7cccc8c7oc7ccccc78)ccc65)c43)c2)cc1. The van der Waals surface area contributed by atoms with Crippen LogP contribution in [0.15, 0.2) is 247 Å². The van der Waals surface area contributed by atoms with Gasteiger partial charge in [0.1, 0.15) is 11.2 Å². The van der Waals surface area contributed by atoms with E-state index in [1.807, 2.05) is 6.07 Å². The van der Waals surface area contributed by atoms with Gasteiger partial charge in [0.05, 0.1) is 27.8 Å². The second-order valence-electron chi connectivity index (χ2n) is 16.8. The minimum atomic E-state index is -2.80. The fourth-order valence-corrected chi connectivity index (χ4v) is 15.6. The summed E-state index contributed by atoms with van der Waals surface area (Å²) in [6.45, 7) is 0. The molecule has 13 aromatic rings. The van der Waals surface area contributed by atoms with Crippen LogP contribution in [0.5, 0.6) is 0 Å². The lowest BCUT2D eigenvalue weighted by Crippen LogP contribution is -2.74. The second-order valence-corrected chi connectivity index (χ2v) is 20.6. The zero-order valence-corrected chi connectivity index (χ0v) is 35.9. The Hall–Kier alpha value is -8.18. The van der Waals surface area contributed by atoms with Crippen LogP contribution in [0, 0.1) is 0 Å². The maximum atomic E-state index is 6.54. The maximum absolute atomic E-state index is 6.54. The molecule has 0 aliphatic heterocycles. The number of hydrogen-bond donors (Lipinski definition) is 0. The number of furan rings is 1. The highest BCUT2D eigenvalue weighted by Gasteiger charge is 2.41. The topological polar surface area (TPSA) is 23.0 Å². The number of fused-ring (bicyclic) bond motifs is 9. The third-order valence-corrected chi connectivity index (χ3v) is 18.2. The van der Waals surface area contributed by atoms with Crippen molar-refractivity contribution in [2.45, 2.75) is 0 Å².